The molecule has 2 fully saturated rings. The Balaban J connectivity index is 1.52. The fourth-order valence-corrected chi connectivity index (χ4v) is 2.98. The van der Waals surface area contributed by atoms with E-state index in [1.165, 1.54) is 0 Å². The molecule has 2 saturated heterocycles. The minimum absolute atomic E-state index is 0.0225. The normalized spacial score (nSPS) is 19.8. The van der Waals surface area contributed by atoms with Crippen molar-refractivity contribution in [3.8, 4) is 0 Å². The van der Waals surface area contributed by atoms with Crippen molar-refractivity contribution in [2.24, 2.45) is 5.92 Å². The summed E-state index contributed by atoms with van der Waals surface area (Å²) in [4.78, 5) is 25.4. The summed E-state index contributed by atoms with van der Waals surface area (Å²) in [5, 5.41) is 2.95. The molecule has 1 aromatic carbocycles. The highest BCUT2D eigenvalue weighted by Gasteiger charge is 2.26. The van der Waals surface area contributed by atoms with Crippen LogP contribution in [0.3, 0.4) is 0 Å². The van der Waals surface area contributed by atoms with Crippen LogP contribution < -0.4 is 5.32 Å². The van der Waals surface area contributed by atoms with Crippen LogP contribution in [-0.2, 0) is 19.1 Å². The van der Waals surface area contributed by atoms with Crippen molar-refractivity contribution in [2.75, 3.05) is 31.6 Å². The van der Waals surface area contributed by atoms with E-state index in [1.54, 1.807) is 11.8 Å². The van der Waals surface area contributed by atoms with Gasteiger partial charge < -0.3 is 19.7 Å². The molecule has 2 amide bonds. The minimum atomic E-state index is -0.296. The van der Waals surface area contributed by atoms with Crippen LogP contribution >= 0.6 is 0 Å². The number of ether oxygens (including phenoxy) is 2. The lowest BCUT2D eigenvalue weighted by atomic mass is 9.96. The van der Waals surface area contributed by atoms with Crippen LogP contribution in [0.4, 0.5) is 5.69 Å². The van der Waals surface area contributed by atoms with Gasteiger partial charge >= 0.3 is 0 Å². The summed E-state index contributed by atoms with van der Waals surface area (Å²) in [6.07, 6.45) is 1.14. The first kappa shape index (κ1) is 16.0. The number of likely N-dealkylation sites (tertiary alicyclic amines) is 1. The molecule has 0 bridgehead atoms. The number of nitrogens with zero attached hydrogens (tertiary/aromatic N) is 1. The summed E-state index contributed by atoms with van der Waals surface area (Å²) >= 11 is 0. The second-order valence-electron chi connectivity index (χ2n) is 5.97. The Labute approximate surface area is 135 Å². The van der Waals surface area contributed by atoms with Gasteiger partial charge in [0.25, 0.3) is 0 Å². The van der Waals surface area contributed by atoms with Crippen molar-refractivity contribution in [1.29, 1.82) is 0 Å². The predicted octanol–water partition coefficient (Wildman–Crippen LogP) is 1.93. The van der Waals surface area contributed by atoms with Crippen LogP contribution in [0, 0.1) is 5.92 Å². The van der Waals surface area contributed by atoms with Gasteiger partial charge in [0.2, 0.25) is 11.8 Å². The van der Waals surface area contributed by atoms with Crippen LogP contribution in [-0.4, -0.2) is 43.0 Å². The second kappa shape index (κ2) is 7.10. The van der Waals surface area contributed by atoms with E-state index in [4.69, 9.17) is 9.47 Å². The van der Waals surface area contributed by atoms with Gasteiger partial charge in [0.05, 0.1) is 13.2 Å². The molecule has 2 heterocycles. The van der Waals surface area contributed by atoms with Gasteiger partial charge in [0.15, 0.2) is 6.29 Å². The van der Waals surface area contributed by atoms with Gasteiger partial charge in [-0.1, -0.05) is 12.1 Å². The molecule has 0 unspecified atom stereocenters. The molecule has 0 aromatic heterocycles. The lowest BCUT2D eigenvalue weighted by molar-refractivity contribution is -0.132. The number of carbonyl (C=O) groups excluding carboxylic acids is 2. The van der Waals surface area contributed by atoms with Crippen LogP contribution in [0.5, 0.6) is 0 Å². The third kappa shape index (κ3) is 3.89. The number of benzene rings is 1. The van der Waals surface area contributed by atoms with Crippen LogP contribution in [0.15, 0.2) is 24.3 Å². The van der Waals surface area contributed by atoms with Gasteiger partial charge in [0.1, 0.15) is 0 Å². The molecule has 2 aliphatic rings. The average Bonchev–Trinajstić information content (AvgIpc) is 3.10. The first-order valence-electron chi connectivity index (χ1n) is 8.03. The zero-order chi connectivity index (χ0) is 16.2. The van der Waals surface area contributed by atoms with Gasteiger partial charge in [-0.15, -0.1) is 0 Å². The molecule has 124 valence electrons. The first-order valence-corrected chi connectivity index (χ1v) is 8.03. The highest BCUT2D eigenvalue weighted by atomic mass is 16.7. The summed E-state index contributed by atoms with van der Waals surface area (Å²) in [7, 11) is 0. The Morgan fingerprint density at radius 1 is 1.09 bits per heavy atom. The quantitative estimate of drug-likeness (QED) is 0.924. The Hall–Kier alpha value is -1.92. The van der Waals surface area contributed by atoms with Crippen LogP contribution in [0.25, 0.3) is 0 Å². The largest absolute Gasteiger partial charge is 0.346 e. The number of hydrogen-bond donors (Lipinski definition) is 1. The third-order valence-corrected chi connectivity index (χ3v) is 4.38. The summed E-state index contributed by atoms with van der Waals surface area (Å²) in [5.41, 5.74) is 1.72. The van der Waals surface area contributed by atoms with Crippen molar-refractivity contribution < 1.29 is 19.1 Å². The molecule has 6 heteroatoms. The summed E-state index contributed by atoms with van der Waals surface area (Å²) < 4.78 is 10.9. The first-order chi connectivity index (χ1) is 11.1. The monoisotopic (exact) mass is 318 g/mol. The minimum Gasteiger partial charge on any atom is -0.346 e. The molecule has 0 aliphatic carbocycles. The highest BCUT2D eigenvalue weighted by molar-refractivity contribution is 5.92. The summed E-state index contributed by atoms with van der Waals surface area (Å²) in [6.45, 7) is 4.11. The predicted molar refractivity (Wildman–Crippen MR) is 84.7 cm³/mol. The fourth-order valence-electron chi connectivity index (χ4n) is 2.98. The number of anilines is 1. The molecular weight excluding hydrogens is 296 g/mol. The second-order valence-corrected chi connectivity index (χ2v) is 5.97. The van der Waals surface area contributed by atoms with Gasteiger partial charge in [0, 0.05) is 37.2 Å². The number of piperidine rings is 1. The summed E-state index contributed by atoms with van der Waals surface area (Å²) in [5.74, 6) is 0.0666. The SMILES string of the molecule is CC(=O)N1CCC(C(=O)Nc2ccc(C3OCCO3)cc2)CC1. The van der Waals surface area contributed by atoms with Crippen LogP contribution in [0.2, 0.25) is 0 Å². The molecule has 23 heavy (non-hydrogen) atoms. The summed E-state index contributed by atoms with van der Waals surface area (Å²) in [6, 6.07) is 7.54. The Kier molecular flexibility index (Phi) is 4.93. The number of rotatable bonds is 3. The standard InChI is InChI=1S/C17H22N2O4/c1-12(20)19-8-6-13(7-9-19)16(21)18-15-4-2-14(3-5-15)17-22-10-11-23-17/h2-5,13,17H,6-11H2,1H3,(H,18,21). The Morgan fingerprint density at radius 2 is 1.70 bits per heavy atom. The van der Waals surface area contributed by atoms with Crippen molar-refractivity contribution >= 4 is 17.5 Å². The lowest BCUT2D eigenvalue weighted by Crippen LogP contribution is -2.40. The topological polar surface area (TPSA) is 67.9 Å². The number of carbonyl (C=O) groups is 2. The maximum absolute atomic E-state index is 12.3. The van der Waals surface area contributed by atoms with Gasteiger partial charge in [-0.05, 0) is 25.0 Å². The molecule has 2 aliphatic heterocycles. The van der Waals surface area contributed by atoms with E-state index in [2.05, 4.69) is 5.32 Å². The molecular formula is C17H22N2O4. The number of amides is 2. The van der Waals surface area contributed by atoms with E-state index in [9.17, 15) is 9.59 Å². The maximum Gasteiger partial charge on any atom is 0.227 e. The van der Waals surface area contributed by atoms with E-state index in [0.29, 0.717) is 39.1 Å². The van der Waals surface area contributed by atoms with Crippen molar-refractivity contribution in [2.45, 2.75) is 26.1 Å². The molecule has 6 nitrogen and oxygen atoms in total. The molecule has 0 radical (unpaired) electrons. The van der Waals surface area contributed by atoms with E-state index in [-0.39, 0.29) is 24.0 Å². The van der Waals surface area contributed by atoms with Gasteiger partial charge in [-0.3, -0.25) is 9.59 Å². The molecule has 1 aromatic rings. The molecule has 3 rings (SSSR count). The zero-order valence-electron chi connectivity index (χ0n) is 13.3. The van der Waals surface area contributed by atoms with Gasteiger partial charge in [-0.25, -0.2) is 0 Å². The third-order valence-electron chi connectivity index (χ3n) is 4.38. The highest BCUT2D eigenvalue weighted by Crippen LogP contribution is 2.25. The Morgan fingerprint density at radius 3 is 2.26 bits per heavy atom. The molecule has 0 saturated carbocycles. The van der Waals surface area contributed by atoms with Crippen molar-refractivity contribution in [3.05, 3.63) is 29.8 Å². The van der Waals surface area contributed by atoms with E-state index < -0.39 is 0 Å². The molecule has 0 spiro atoms. The molecule has 1 N–H and O–H groups in total. The lowest BCUT2D eigenvalue weighted by Gasteiger charge is -2.30. The van der Waals surface area contributed by atoms with E-state index in [0.717, 1.165) is 11.3 Å². The van der Waals surface area contributed by atoms with E-state index in [1.807, 2.05) is 24.3 Å². The molecule has 0 atom stereocenters. The maximum atomic E-state index is 12.3. The van der Waals surface area contributed by atoms with Crippen molar-refractivity contribution in [1.82, 2.24) is 4.90 Å². The number of nitrogens with one attached hydrogen (secondary N) is 1. The smallest absolute Gasteiger partial charge is 0.227 e. The average molecular weight is 318 g/mol. The number of hydrogen-bond acceptors (Lipinski definition) is 4. The van der Waals surface area contributed by atoms with Gasteiger partial charge in [-0.2, -0.15) is 0 Å². The fraction of sp³-hybridized carbons (Fsp3) is 0.529. The Bertz CT molecular complexity index is 558. The zero-order valence-corrected chi connectivity index (χ0v) is 13.3. The van der Waals surface area contributed by atoms with E-state index >= 15 is 0 Å². The van der Waals surface area contributed by atoms with Crippen molar-refractivity contribution in [3.63, 3.8) is 0 Å². The van der Waals surface area contributed by atoms with Crippen LogP contribution in [0.1, 0.15) is 31.6 Å².